The number of benzene rings is 2. The zero-order chi connectivity index (χ0) is 15.6. The minimum Gasteiger partial charge on any atom is -0.505 e. The Balaban J connectivity index is 2.27. The summed E-state index contributed by atoms with van der Waals surface area (Å²) in [6, 6.07) is 7.99. The summed E-state index contributed by atoms with van der Waals surface area (Å²) in [6.45, 7) is 3.07. The lowest BCUT2D eigenvalue weighted by Gasteiger charge is -2.13. The highest BCUT2D eigenvalue weighted by molar-refractivity contribution is 5.89. The average molecular weight is 290 g/mol. The van der Waals surface area contributed by atoms with Gasteiger partial charge in [-0.05, 0) is 31.5 Å². The fourth-order valence-electron chi connectivity index (χ4n) is 1.99. The summed E-state index contributed by atoms with van der Waals surface area (Å²) in [5, 5.41) is 18.6. The first-order valence-electron chi connectivity index (χ1n) is 6.34. The molecule has 0 atom stereocenters. The standard InChI is InChI=1S/C16H15FO4/c1-9-7-13(10(2)14(17)15(9)18)21-8-11-5-3-4-6-12(11)16(19)20/h3-7,18H,8H2,1-2H3,(H,19,20). The molecular weight excluding hydrogens is 275 g/mol. The van der Waals surface area contributed by atoms with Gasteiger partial charge < -0.3 is 14.9 Å². The number of aryl methyl sites for hydroxylation is 1. The first kappa shape index (κ1) is 14.8. The van der Waals surface area contributed by atoms with Crippen molar-refractivity contribution in [3.05, 3.63) is 58.4 Å². The van der Waals surface area contributed by atoms with Crippen molar-refractivity contribution in [1.29, 1.82) is 0 Å². The number of hydrogen-bond donors (Lipinski definition) is 2. The number of hydrogen-bond acceptors (Lipinski definition) is 3. The second-order valence-corrected chi connectivity index (χ2v) is 4.73. The molecular formula is C16H15FO4. The maximum atomic E-state index is 13.8. The number of halogens is 1. The Kier molecular flexibility index (Phi) is 4.12. The minimum absolute atomic E-state index is 0.00691. The van der Waals surface area contributed by atoms with Crippen LogP contribution < -0.4 is 4.74 Å². The van der Waals surface area contributed by atoms with Gasteiger partial charge in [0, 0.05) is 11.1 Å². The van der Waals surface area contributed by atoms with Crippen LogP contribution in [0.4, 0.5) is 4.39 Å². The van der Waals surface area contributed by atoms with E-state index < -0.39 is 17.5 Å². The summed E-state index contributed by atoms with van der Waals surface area (Å²) >= 11 is 0. The van der Waals surface area contributed by atoms with Gasteiger partial charge in [0.15, 0.2) is 11.6 Å². The fourth-order valence-corrected chi connectivity index (χ4v) is 1.99. The molecule has 0 aliphatic carbocycles. The van der Waals surface area contributed by atoms with Gasteiger partial charge in [0.05, 0.1) is 5.56 Å². The van der Waals surface area contributed by atoms with Gasteiger partial charge in [-0.2, -0.15) is 0 Å². The van der Waals surface area contributed by atoms with Crippen molar-refractivity contribution in [2.75, 3.05) is 0 Å². The summed E-state index contributed by atoms with van der Waals surface area (Å²) in [4.78, 5) is 11.1. The molecule has 2 N–H and O–H groups in total. The van der Waals surface area contributed by atoms with E-state index in [2.05, 4.69) is 0 Å². The van der Waals surface area contributed by atoms with Crippen LogP contribution in [0.3, 0.4) is 0 Å². The van der Waals surface area contributed by atoms with Crippen molar-refractivity contribution in [3.63, 3.8) is 0 Å². The zero-order valence-electron chi connectivity index (χ0n) is 11.7. The van der Waals surface area contributed by atoms with Gasteiger partial charge in [-0.3, -0.25) is 0 Å². The summed E-state index contributed by atoms with van der Waals surface area (Å²) in [5.74, 6) is -1.88. The van der Waals surface area contributed by atoms with Crippen molar-refractivity contribution < 1.29 is 24.1 Å². The van der Waals surface area contributed by atoms with E-state index >= 15 is 0 Å². The largest absolute Gasteiger partial charge is 0.505 e. The van der Waals surface area contributed by atoms with Crippen molar-refractivity contribution in [2.24, 2.45) is 0 Å². The molecule has 2 aromatic rings. The van der Waals surface area contributed by atoms with Gasteiger partial charge in [-0.25, -0.2) is 9.18 Å². The Labute approximate surface area is 121 Å². The number of phenols is 1. The minimum atomic E-state index is -1.04. The Morgan fingerprint density at radius 3 is 2.62 bits per heavy atom. The summed E-state index contributed by atoms with van der Waals surface area (Å²) < 4.78 is 19.3. The number of rotatable bonds is 4. The maximum absolute atomic E-state index is 13.8. The van der Waals surface area contributed by atoms with Crippen LogP contribution in [0.25, 0.3) is 0 Å². The van der Waals surface area contributed by atoms with E-state index in [1.165, 1.54) is 19.1 Å². The van der Waals surface area contributed by atoms with Crippen molar-refractivity contribution >= 4 is 5.97 Å². The Hall–Kier alpha value is -2.56. The van der Waals surface area contributed by atoms with Crippen LogP contribution in [0, 0.1) is 19.7 Å². The number of carbonyl (C=O) groups is 1. The SMILES string of the molecule is Cc1cc(OCc2ccccc2C(=O)O)c(C)c(F)c1O. The van der Waals surface area contributed by atoms with E-state index in [1.807, 2.05) is 0 Å². The average Bonchev–Trinajstić information content (AvgIpc) is 2.47. The second kappa shape index (κ2) is 5.83. The third-order valence-corrected chi connectivity index (χ3v) is 3.26. The maximum Gasteiger partial charge on any atom is 0.336 e. The highest BCUT2D eigenvalue weighted by Crippen LogP contribution is 2.31. The third kappa shape index (κ3) is 2.97. The Bertz CT molecular complexity index is 695. The first-order valence-corrected chi connectivity index (χ1v) is 6.34. The van der Waals surface area contributed by atoms with Gasteiger partial charge in [-0.15, -0.1) is 0 Å². The number of carboxylic acid groups (broad SMARTS) is 1. The number of ether oxygens (including phenoxy) is 1. The number of aromatic carboxylic acids is 1. The first-order chi connectivity index (χ1) is 9.91. The molecule has 0 aliphatic rings. The molecule has 0 spiro atoms. The van der Waals surface area contributed by atoms with Crippen molar-refractivity contribution in [2.45, 2.75) is 20.5 Å². The molecule has 4 nitrogen and oxygen atoms in total. The van der Waals surface area contributed by atoms with E-state index in [-0.39, 0.29) is 23.5 Å². The van der Waals surface area contributed by atoms with Crippen molar-refractivity contribution in [1.82, 2.24) is 0 Å². The molecule has 0 unspecified atom stereocenters. The molecule has 0 saturated carbocycles. The number of carboxylic acids is 1. The highest BCUT2D eigenvalue weighted by Gasteiger charge is 2.15. The number of aromatic hydroxyl groups is 1. The zero-order valence-corrected chi connectivity index (χ0v) is 11.7. The van der Waals surface area contributed by atoms with Crippen LogP contribution in [0.2, 0.25) is 0 Å². The Morgan fingerprint density at radius 1 is 1.29 bits per heavy atom. The van der Waals surface area contributed by atoms with Crippen molar-refractivity contribution in [3.8, 4) is 11.5 Å². The van der Waals surface area contributed by atoms with Gasteiger partial charge in [-0.1, -0.05) is 18.2 Å². The third-order valence-electron chi connectivity index (χ3n) is 3.26. The molecule has 0 amide bonds. The second-order valence-electron chi connectivity index (χ2n) is 4.73. The normalized spacial score (nSPS) is 10.4. The fraction of sp³-hybridized carbons (Fsp3) is 0.188. The lowest BCUT2D eigenvalue weighted by atomic mass is 10.1. The lowest BCUT2D eigenvalue weighted by molar-refractivity contribution is 0.0694. The molecule has 0 aliphatic heterocycles. The molecule has 2 rings (SSSR count). The topological polar surface area (TPSA) is 66.8 Å². The molecule has 0 saturated heterocycles. The van der Waals surface area contributed by atoms with Gasteiger partial charge in [0.25, 0.3) is 0 Å². The van der Waals surface area contributed by atoms with Crippen LogP contribution in [-0.4, -0.2) is 16.2 Å². The van der Waals surface area contributed by atoms with Gasteiger partial charge >= 0.3 is 5.97 Å². The molecule has 0 fully saturated rings. The van der Waals surface area contributed by atoms with Crippen LogP contribution in [0.5, 0.6) is 11.5 Å². The molecule has 0 aromatic heterocycles. The van der Waals surface area contributed by atoms with Crippen LogP contribution in [0.1, 0.15) is 27.0 Å². The summed E-state index contributed by atoms with van der Waals surface area (Å²) in [7, 11) is 0. The number of phenolic OH excluding ortho intramolecular Hbond substituents is 1. The molecule has 110 valence electrons. The van der Waals surface area contributed by atoms with E-state index in [1.54, 1.807) is 25.1 Å². The molecule has 2 aromatic carbocycles. The smallest absolute Gasteiger partial charge is 0.336 e. The van der Waals surface area contributed by atoms with E-state index in [4.69, 9.17) is 9.84 Å². The molecule has 0 bridgehead atoms. The van der Waals surface area contributed by atoms with Crippen LogP contribution in [0.15, 0.2) is 30.3 Å². The predicted octanol–water partition coefficient (Wildman–Crippen LogP) is 3.43. The van der Waals surface area contributed by atoms with Gasteiger partial charge in [0.1, 0.15) is 12.4 Å². The van der Waals surface area contributed by atoms with E-state index in [9.17, 15) is 14.3 Å². The monoisotopic (exact) mass is 290 g/mol. The highest BCUT2D eigenvalue weighted by atomic mass is 19.1. The quantitative estimate of drug-likeness (QED) is 0.905. The lowest BCUT2D eigenvalue weighted by Crippen LogP contribution is -2.06. The van der Waals surface area contributed by atoms with Gasteiger partial charge in [0.2, 0.25) is 0 Å². The predicted molar refractivity (Wildman–Crippen MR) is 75.3 cm³/mol. The molecule has 0 radical (unpaired) electrons. The van der Waals surface area contributed by atoms with E-state index in [0.717, 1.165) is 0 Å². The van der Waals surface area contributed by atoms with Crippen LogP contribution >= 0.6 is 0 Å². The Morgan fingerprint density at radius 2 is 1.95 bits per heavy atom. The molecule has 5 heteroatoms. The van der Waals surface area contributed by atoms with E-state index in [0.29, 0.717) is 11.1 Å². The summed E-state index contributed by atoms with van der Waals surface area (Å²) in [5.41, 5.74) is 1.19. The summed E-state index contributed by atoms with van der Waals surface area (Å²) in [6.07, 6.45) is 0. The van der Waals surface area contributed by atoms with Crippen LogP contribution in [-0.2, 0) is 6.61 Å². The molecule has 0 heterocycles. The molecule has 21 heavy (non-hydrogen) atoms.